The average Bonchev–Trinajstić information content (AvgIpc) is 2.88. The van der Waals surface area contributed by atoms with Crippen molar-refractivity contribution in [1.82, 2.24) is 4.98 Å². The molecule has 0 unspecified atom stereocenters. The number of urea groups is 1. The predicted molar refractivity (Wildman–Crippen MR) is 141 cm³/mol. The number of carbonyl (C=O) groups excluding carboxylic acids is 1. The Labute approximate surface area is 219 Å². The molecule has 6 nitrogen and oxygen atoms in total. The highest BCUT2D eigenvalue weighted by Gasteiger charge is 2.28. The summed E-state index contributed by atoms with van der Waals surface area (Å²) in [5, 5.41) is 13.3. The molecule has 0 saturated carbocycles. The van der Waals surface area contributed by atoms with E-state index in [1.165, 1.54) is 18.2 Å². The number of halogens is 2. The van der Waals surface area contributed by atoms with Crippen LogP contribution in [0.5, 0.6) is 5.75 Å². The number of amides is 2. The molecule has 1 aliphatic heterocycles. The minimum Gasteiger partial charge on any atom is -0.489 e. The molecule has 194 valence electrons. The van der Waals surface area contributed by atoms with Gasteiger partial charge in [-0.2, -0.15) is 0 Å². The van der Waals surface area contributed by atoms with E-state index in [1.54, 1.807) is 43.1 Å². The lowest BCUT2D eigenvalue weighted by atomic mass is 9.95. The molecule has 1 aromatic heterocycles. The van der Waals surface area contributed by atoms with Crippen molar-refractivity contribution in [2.45, 2.75) is 39.0 Å². The monoisotopic (exact) mass is 515 g/mol. The van der Waals surface area contributed by atoms with Gasteiger partial charge in [-0.3, -0.25) is 9.88 Å². The Morgan fingerprint density at radius 1 is 1.03 bits per heavy atom. The van der Waals surface area contributed by atoms with Gasteiger partial charge in [0.25, 0.3) is 0 Å². The zero-order valence-corrected chi connectivity index (χ0v) is 21.0. The van der Waals surface area contributed by atoms with E-state index in [-0.39, 0.29) is 24.7 Å². The Hall–Kier alpha value is -4.30. The maximum Gasteiger partial charge on any atom is 0.326 e. The molecule has 2 amide bonds. The Morgan fingerprint density at radius 2 is 1.82 bits per heavy atom. The largest absolute Gasteiger partial charge is 0.489 e. The molecule has 0 spiro atoms. The Morgan fingerprint density at radius 3 is 2.53 bits per heavy atom. The zero-order chi connectivity index (χ0) is 26.9. The van der Waals surface area contributed by atoms with Gasteiger partial charge in [-0.25, -0.2) is 13.6 Å². The van der Waals surface area contributed by atoms with Crippen molar-refractivity contribution in [3.63, 3.8) is 0 Å². The first-order valence-corrected chi connectivity index (χ1v) is 12.2. The minimum atomic E-state index is -1.05. The maximum atomic E-state index is 14.1. The van der Waals surface area contributed by atoms with Crippen LogP contribution in [0.4, 0.5) is 25.0 Å². The van der Waals surface area contributed by atoms with E-state index in [9.17, 15) is 18.7 Å². The number of anilines is 2. The number of pyridine rings is 1. The van der Waals surface area contributed by atoms with E-state index in [4.69, 9.17) is 4.74 Å². The summed E-state index contributed by atoms with van der Waals surface area (Å²) in [7, 11) is 0. The van der Waals surface area contributed by atoms with Crippen molar-refractivity contribution in [2.24, 2.45) is 0 Å². The Bertz CT molecular complexity index is 1470. The van der Waals surface area contributed by atoms with Crippen LogP contribution in [0.1, 0.15) is 41.8 Å². The lowest BCUT2D eigenvalue weighted by molar-refractivity contribution is 0.0786. The maximum absolute atomic E-state index is 14.1. The van der Waals surface area contributed by atoms with Crippen molar-refractivity contribution in [2.75, 3.05) is 10.2 Å². The number of aliphatic hydroxyl groups is 1. The third-order valence-electron chi connectivity index (χ3n) is 6.52. The van der Waals surface area contributed by atoms with Gasteiger partial charge in [0, 0.05) is 30.1 Å². The van der Waals surface area contributed by atoms with Crippen LogP contribution >= 0.6 is 0 Å². The van der Waals surface area contributed by atoms with Gasteiger partial charge in [-0.1, -0.05) is 30.3 Å². The second-order valence-electron chi connectivity index (χ2n) is 9.72. The van der Waals surface area contributed by atoms with Crippen LogP contribution < -0.4 is 15.0 Å². The van der Waals surface area contributed by atoms with Gasteiger partial charge in [0.15, 0.2) is 0 Å². The highest BCUT2D eigenvalue weighted by atomic mass is 19.1. The molecule has 0 bridgehead atoms. The molecule has 0 aliphatic carbocycles. The normalized spacial score (nSPS) is 13.2. The molecule has 0 radical (unpaired) electrons. The molecular formula is C30H27F2N3O3. The third kappa shape index (κ3) is 5.35. The highest BCUT2D eigenvalue weighted by Crippen LogP contribution is 2.35. The number of carbonyl (C=O) groups is 1. The van der Waals surface area contributed by atoms with Gasteiger partial charge >= 0.3 is 6.03 Å². The fraction of sp³-hybridized carbons (Fsp3) is 0.200. The third-order valence-corrected chi connectivity index (χ3v) is 6.52. The lowest BCUT2D eigenvalue weighted by Gasteiger charge is -2.32. The van der Waals surface area contributed by atoms with E-state index in [0.29, 0.717) is 29.1 Å². The molecule has 2 N–H and O–H groups in total. The number of aromatic nitrogens is 1. The summed E-state index contributed by atoms with van der Waals surface area (Å²) in [5.41, 5.74) is 3.24. The predicted octanol–water partition coefficient (Wildman–Crippen LogP) is 6.31. The van der Waals surface area contributed by atoms with Gasteiger partial charge < -0.3 is 15.2 Å². The van der Waals surface area contributed by atoms with Crippen LogP contribution in [0.3, 0.4) is 0 Å². The standard InChI is InChI=1S/C30H27F2N3O3/c1-30(2,37)21-11-9-20-17-35(29(36)34-27(20)15-21)28-16-23(38-18-24-25(31)7-5-8-26(24)32)12-10-19(28)14-22-6-3-4-13-33-22/h3-13,15-16,37H,14,17-18H2,1-2H3,(H,34,36). The molecule has 2 heterocycles. The van der Waals surface area contributed by atoms with E-state index in [2.05, 4.69) is 10.3 Å². The second kappa shape index (κ2) is 10.2. The fourth-order valence-corrected chi connectivity index (χ4v) is 4.39. The molecule has 38 heavy (non-hydrogen) atoms. The Balaban J connectivity index is 1.48. The van der Waals surface area contributed by atoms with E-state index in [1.807, 2.05) is 36.4 Å². The first-order valence-electron chi connectivity index (χ1n) is 12.2. The Kier molecular flexibility index (Phi) is 6.82. The lowest BCUT2D eigenvalue weighted by Crippen LogP contribution is -2.39. The number of benzene rings is 3. The summed E-state index contributed by atoms with van der Waals surface area (Å²) < 4.78 is 34.0. The average molecular weight is 516 g/mol. The molecule has 8 heteroatoms. The van der Waals surface area contributed by atoms with Crippen molar-refractivity contribution in [1.29, 1.82) is 0 Å². The highest BCUT2D eigenvalue weighted by molar-refractivity contribution is 6.05. The van der Waals surface area contributed by atoms with E-state index < -0.39 is 17.2 Å². The number of nitrogens with zero attached hydrogens (tertiary/aromatic N) is 2. The summed E-state index contributed by atoms with van der Waals surface area (Å²) in [6.07, 6.45) is 2.17. The van der Waals surface area contributed by atoms with Crippen LogP contribution in [0.25, 0.3) is 0 Å². The number of ether oxygens (including phenoxy) is 1. The van der Waals surface area contributed by atoms with Crippen LogP contribution in [-0.2, 0) is 25.2 Å². The van der Waals surface area contributed by atoms with Gasteiger partial charge in [-0.15, -0.1) is 0 Å². The summed E-state index contributed by atoms with van der Waals surface area (Å²) in [6, 6.07) is 19.7. The van der Waals surface area contributed by atoms with Crippen LogP contribution in [0.15, 0.2) is 79.0 Å². The first-order chi connectivity index (χ1) is 18.2. The summed E-state index contributed by atoms with van der Waals surface area (Å²) in [5.74, 6) is -1.01. The summed E-state index contributed by atoms with van der Waals surface area (Å²) in [4.78, 5) is 19.3. The zero-order valence-electron chi connectivity index (χ0n) is 21.0. The van der Waals surface area contributed by atoms with Crippen molar-refractivity contribution in [3.8, 4) is 5.75 Å². The number of nitrogens with one attached hydrogen (secondary N) is 1. The van der Waals surface area contributed by atoms with Gasteiger partial charge in [-0.05, 0) is 66.9 Å². The van der Waals surface area contributed by atoms with Gasteiger partial charge in [0.2, 0.25) is 0 Å². The minimum absolute atomic E-state index is 0.168. The van der Waals surface area contributed by atoms with Gasteiger partial charge in [0.1, 0.15) is 24.0 Å². The van der Waals surface area contributed by atoms with E-state index >= 15 is 0 Å². The van der Waals surface area contributed by atoms with Crippen molar-refractivity contribution < 1.29 is 23.4 Å². The quantitative estimate of drug-likeness (QED) is 0.303. The van der Waals surface area contributed by atoms with Crippen molar-refractivity contribution in [3.05, 3.63) is 119 Å². The molecule has 0 saturated heterocycles. The number of fused-ring (bicyclic) bond motifs is 1. The molecule has 5 rings (SSSR count). The summed E-state index contributed by atoms with van der Waals surface area (Å²) in [6.45, 7) is 3.36. The van der Waals surface area contributed by atoms with E-state index in [0.717, 1.165) is 16.8 Å². The second-order valence-corrected chi connectivity index (χ2v) is 9.72. The molecular weight excluding hydrogens is 488 g/mol. The topological polar surface area (TPSA) is 74.7 Å². The molecule has 0 atom stereocenters. The molecule has 3 aromatic carbocycles. The first kappa shape index (κ1) is 25.4. The number of hydrogen-bond acceptors (Lipinski definition) is 4. The van der Waals surface area contributed by atoms with Crippen molar-refractivity contribution >= 4 is 17.4 Å². The molecule has 4 aromatic rings. The number of hydrogen-bond donors (Lipinski definition) is 2. The van der Waals surface area contributed by atoms with Gasteiger partial charge in [0.05, 0.1) is 23.4 Å². The van der Waals surface area contributed by atoms with Crippen LogP contribution in [0, 0.1) is 11.6 Å². The number of rotatable bonds is 7. The molecule has 1 aliphatic rings. The summed E-state index contributed by atoms with van der Waals surface area (Å²) >= 11 is 0. The smallest absolute Gasteiger partial charge is 0.326 e. The fourth-order valence-electron chi connectivity index (χ4n) is 4.39. The van der Waals surface area contributed by atoms with Crippen LogP contribution in [0.2, 0.25) is 0 Å². The SMILES string of the molecule is CC(C)(O)c1ccc2c(c1)NC(=O)N(c1cc(OCc3c(F)cccc3F)ccc1Cc1ccccn1)C2. The van der Waals surface area contributed by atoms with Crippen LogP contribution in [-0.4, -0.2) is 16.1 Å². The molecule has 0 fully saturated rings.